The van der Waals surface area contributed by atoms with Crippen LogP contribution in [0, 0.1) is 13.8 Å². The van der Waals surface area contributed by atoms with E-state index in [4.69, 9.17) is 13.9 Å². The molecule has 4 rings (SSSR count). The highest BCUT2D eigenvalue weighted by atomic mass is 16.6. The van der Waals surface area contributed by atoms with Gasteiger partial charge in [-0.05, 0) is 49.7 Å². The number of ether oxygens (including phenoxy) is 2. The van der Waals surface area contributed by atoms with E-state index in [1.807, 2.05) is 51.2 Å². The lowest BCUT2D eigenvalue weighted by molar-refractivity contribution is 0.0639. The number of likely N-dealkylation sites (N-methyl/N-ethyl adjacent to an activating group) is 1. The molecule has 0 aliphatic carbocycles. The summed E-state index contributed by atoms with van der Waals surface area (Å²) in [6.45, 7) is 5.84. The fourth-order valence-corrected chi connectivity index (χ4v) is 3.51. The Morgan fingerprint density at radius 1 is 1.11 bits per heavy atom. The van der Waals surface area contributed by atoms with Crippen LogP contribution in [0.15, 0.2) is 51.7 Å². The maximum Gasteiger partial charge on any atom is 0.336 e. The summed E-state index contributed by atoms with van der Waals surface area (Å²) >= 11 is 0. The molecule has 3 aromatic rings. The lowest BCUT2D eigenvalue weighted by atomic mass is 10.0. The standard InChI is InChI=1S/C22H23NO4/c1-14-8-9-18-16(10-21(24)27-22(18)15(14)2)11-23(3)12-17-13-25-19-6-4-5-7-20(19)26-17/h4-10,17H,11-13H2,1-3H3/t17-/m0/s1. The second-order valence-corrected chi connectivity index (χ2v) is 7.17. The summed E-state index contributed by atoms with van der Waals surface area (Å²) in [4.78, 5) is 14.2. The summed E-state index contributed by atoms with van der Waals surface area (Å²) in [7, 11) is 2.02. The number of fused-ring (bicyclic) bond motifs is 2. The first-order chi connectivity index (χ1) is 13.0. The number of hydrogen-bond acceptors (Lipinski definition) is 5. The predicted molar refractivity (Wildman–Crippen MR) is 105 cm³/mol. The Morgan fingerprint density at radius 3 is 2.70 bits per heavy atom. The maximum atomic E-state index is 12.0. The van der Waals surface area contributed by atoms with Gasteiger partial charge in [-0.2, -0.15) is 0 Å². The van der Waals surface area contributed by atoms with Crippen molar-refractivity contribution in [2.75, 3.05) is 20.2 Å². The Bertz CT molecular complexity index is 1040. The SMILES string of the molecule is Cc1ccc2c(CN(C)C[C@H]3COc4ccccc4O3)cc(=O)oc2c1C. The van der Waals surface area contributed by atoms with Crippen LogP contribution in [0.2, 0.25) is 0 Å². The van der Waals surface area contributed by atoms with Crippen LogP contribution >= 0.6 is 0 Å². The smallest absolute Gasteiger partial charge is 0.336 e. The summed E-state index contributed by atoms with van der Waals surface area (Å²) in [6, 6.07) is 13.4. The molecule has 1 aromatic heterocycles. The maximum absolute atomic E-state index is 12.0. The highest BCUT2D eigenvalue weighted by Crippen LogP contribution is 2.31. The van der Waals surface area contributed by atoms with Crippen LogP contribution in [0.1, 0.15) is 16.7 Å². The quantitative estimate of drug-likeness (QED) is 0.660. The molecule has 0 amide bonds. The van der Waals surface area contributed by atoms with E-state index in [9.17, 15) is 4.79 Å². The van der Waals surface area contributed by atoms with Crippen LogP contribution in [0.3, 0.4) is 0 Å². The summed E-state index contributed by atoms with van der Waals surface area (Å²) in [6.07, 6.45) is -0.0553. The highest BCUT2D eigenvalue weighted by Gasteiger charge is 2.22. The van der Waals surface area contributed by atoms with Crippen LogP contribution < -0.4 is 15.1 Å². The molecule has 0 bridgehead atoms. The Kier molecular flexibility index (Phi) is 4.62. The predicted octanol–water partition coefficient (Wildman–Crippen LogP) is 3.68. The van der Waals surface area contributed by atoms with E-state index in [2.05, 4.69) is 11.0 Å². The van der Waals surface area contributed by atoms with Crippen molar-refractivity contribution in [1.82, 2.24) is 4.90 Å². The molecule has 1 aliphatic heterocycles. The van der Waals surface area contributed by atoms with E-state index in [-0.39, 0.29) is 11.7 Å². The molecule has 0 spiro atoms. The van der Waals surface area contributed by atoms with Crippen LogP contribution in [0.25, 0.3) is 11.0 Å². The van der Waals surface area contributed by atoms with Gasteiger partial charge in [-0.3, -0.25) is 4.90 Å². The molecule has 1 aliphatic rings. The molecule has 140 valence electrons. The first-order valence-corrected chi connectivity index (χ1v) is 9.11. The van der Waals surface area contributed by atoms with E-state index in [0.717, 1.165) is 33.6 Å². The van der Waals surface area contributed by atoms with Gasteiger partial charge in [-0.1, -0.05) is 24.3 Å². The average molecular weight is 365 g/mol. The third-order valence-electron chi connectivity index (χ3n) is 5.04. The zero-order chi connectivity index (χ0) is 19.0. The number of para-hydroxylation sites is 2. The molecule has 0 saturated carbocycles. The van der Waals surface area contributed by atoms with Crippen LogP contribution in [-0.2, 0) is 6.54 Å². The van der Waals surface area contributed by atoms with Crippen molar-refractivity contribution in [3.8, 4) is 11.5 Å². The van der Waals surface area contributed by atoms with Crippen molar-refractivity contribution in [2.45, 2.75) is 26.5 Å². The summed E-state index contributed by atoms with van der Waals surface area (Å²) in [5.74, 6) is 1.56. The van der Waals surface area contributed by atoms with Crippen molar-refractivity contribution in [3.63, 3.8) is 0 Å². The number of nitrogens with zero attached hydrogens (tertiary/aromatic N) is 1. The van der Waals surface area contributed by atoms with Gasteiger partial charge in [0.05, 0.1) is 0 Å². The second kappa shape index (κ2) is 7.08. The minimum Gasteiger partial charge on any atom is -0.486 e. The van der Waals surface area contributed by atoms with Gasteiger partial charge in [-0.15, -0.1) is 0 Å². The molecule has 5 heteroatoms. The number of aryl methyl sites for hydroxylation is 2. The van der Waals surface area contributed by atoms with Crippen molar-refractivity contribution >= 4 is 11.0 Å². The molecule has 2 heterocycles. The van der Waals surface area contributed by atoms with Gasteiger partial charge >= 0.3 is 5.63 Å². The van der Waals surface area contributed by atoms with Crippen molar-refractivity contribution < 1.29 is 13.9 Å². The number of benzene rings is 2. The Hall–Kier alpha value is -2.79. The average Bonchev–Trinajstić information content (AvgIpc) is 2.65. The molecule has 27 heavy (non-hydrogen) atoms. The zero-order valence-electron chi connectivity index (χ0n) is 15.8. The molecule has 2 aromatic carbocycles. The van der Waals surface area contributed by atoms with Gasteiger partial charge in [0.15, 0.2) is 11.5 Å². The molecule has 0 N–H and O–H groups in total. The van der Waals surface area contributed by atoms with E-state index in [1.165, 1.54) is 0 Å². The first-order valence-electron chi connectivity index (χ1n) is 9.11. The fraction of sp³-hybridized carbons (Fsp3) is 0.318. The summed E-state index contributed by atoms with van der Waals surface area (Å²) in [5.41, 5.74) is 3.45. The van der Waals surface area contributed by atoms with Gasteiger partial charge in [-0.25, -0.2) is 4.79 Å². The topological polar surface area (TPSA) is 51.9 Å². The van der Waals surface area contributed by atoms with E-state index in [1.54, 1.807) is 6.07 Å². The molecular weight excluding hydrogens is 342 g/mol. The van der Waals surface area contributed by atoms with Crippen LogP contribution in [0.4, 0.5) is 0 Å². The van der Waals surface area contributed by atoms with Gasteiger partial charge in [0.2, 0.25) is 0 Å². The van der Waals surface area contributed by atoms with Gasteiger partial charge in [0, 0.05) is 24.5 Å². The van der Waals surface area contributed by atoms with E-state index < -0.39 is 0 Å². The monoisotopic (exact) mass is 365 g/mol. The molecule has 0 saturated heterocycles. The molecule has 5 nitrogen and oxygen atoms in total. The van der Waals surface area contributed by atoms with Crippen LogP contribution in [-0.4, -0.2) is 31.2 Å². The molecule has 1 atom stereocenters. The Morgan fingerprint density at radius 2 is 1.89 bits per heavy atom. The number of rotatable bonds is 4. The molecule has 0 unspecified atom stereocenters. The lowest BCUT2D eigenvalue weighted by Gasteiger charge is -2.29. The fourth-order valence-electron chi connectivity index (χ4n) is 3.51. The van der Waals surface area contributed by atoms with Gasteiger partial charge < -0.3 is 13.9 Å². The third kappa shape index (κ3) is 3.55. The van der Waals surface area contributed by atoms with Gasteiger partial charge in [0.25, 0.3) is 0 Å². The minimum atomic E-state index is -0.314. The lowest BCUT2D eigenvalue weighted by Crippen LogP contribution is -2.39. The van der Waals surface area contributed by atoms with Crippen LogP contribution in [0.5, 0.6) is 11.5 Å². The Labute approximate surface area is 158 Å². The second-order valence-electron chi connectivity index (χ2n) is 7.17. The third-order valence-corrected chi connectivity index (χ3v) is 5.04. The van der Waals surface area contributed by atoms with Gasteiger partial charge in [0.1, 0.15) is 18.3 Å². The highest BCUT2D eigenvalue weighted by molar-refractivity contribution is 5.83. The molecule has 0 radical (unpaired) electrons. The number of hydrogen-bond donors (Lipinski definition) is 0. The largest absolute Gasteiger partial charge is 0.486 e. The van der Waals surface area contributed by atoms with E-state index >= 15 is 0 Å². The minimum absolute atomic E-state index is 0.0553. The Balaban J connectivity index is 1.53. The van der Waals surface area contributed by atoms with Crippen molar-refractivity contribution in [1.29, 1.82) is 0 Å². The zero-order valence-corrected chi connectivity index (χ0v) is 15.8. The molecule has 0 fully saturated rings. The summed E-state index contributed by atoms with van der Waals surface area (Å²) in [5, 5.41) is 0.982. The molecular formula is C22H23NO4. The summed E-state index contributed by atoms with van der Waals surface area (Å²) < 4.78 is 17.3. The normalized spacial score (nSPS) is 16.1. The van der Waals surface area contributed by atoms with E-state index in [0.29, 0.717) is 25.3 Å². The van der Waals surface area contributed by atoms with Crippen molar-refractivity contribution in [2.24, 2.45) is 0 Å². The first kappa shape index (κ1) is 17.6. The van der Waals surface area contributed by atoms with Crippen molar-refractivity contribution in [3.05, 3.63) is 69.6 Å².